The minimum Gasteiger partial charge on any atom is -0.454 e. The lowest BCUT2D eigenvalue weighted by Gasteiger charge is -2.30. The molecule has 4 rings (SSSR count). The predicted octanol–water partition coefficient (Wildman–Crippen LogP) is 5.85. The number of nitrogens with zero attached hydrogens (tertiary/aromatic N) is 2. The van der Waals surface area contributed by atoms with Crippen LogP contribution in [0.4, 0.5) is 0 Å². The van der Waals surface area contributed by atoms with Crippen molar-refractivity contribution in [3.63, 3.8) is 0 Å². The van der Waals surface area contributed by atoms with Gasteiger partial charge >= 0.3 is 0 Å². The summed E-state index contributed by atoms with van der Waals surface area (Å²) >= 11 is 1.61. The highest BCUT2D eigenvalue weighted by atomic mass is 32.1. The van der Waals surface area contributed by atoms with E-state index in [1.165, 1.54) is 0 Å². The quantitative estimate of drug-likeness (QED) is 0.384. The Labute approximate surface area is 217 Å². The Hall–Kier alpha value is -3.32. The maximum atomic E-state index is 13.6. The van der Waals surface area contributed by atoms with Crippen molar-refractivity contribution < 1.29 is 19.1 Å². The summed E-state index contributed by atoms with van der Waals surface area (Å²) in [5, 5.41) is 2.00. The zero-order valence-corrected chi connectivity index (χ0v) is 22.4. The number of rotatable bonds is 8. The fourth-order valence-electron chi connectivity index (χ4n) is 4.10. The van der Waals surface area contributed by atoms with Gasteiger partial charge in [-0.1, -0.05) is 45.0 Å². The van der Waals surface area contributed by atoms with Crippen molar-refractivity contribution in [1.82, 2.24) is 9.80 Å². The van der Waals surface area contributed by atoms with Gasteiger partial charge in [-0.15, -0.1) is 11.3 Å². The summed E-state index contributed by atoms with van der Waals surface area (Å²) in [5.74, 6) is 1.16. The summed E-state index contributed by atoms with van der Waals surface area (Å²) in [6, 6.07) is 17.3. The highest BCUT2D eigenvalue weighted by Gasteiger charge is 2.26. The first-order valence-corrected chi connectivity index (χ1v) is 13.1. The topological polar surface area (TPSA) is 59.1 Å². The molecule has 0 N–H and O–H groups in total. The van der Waals surface area contributed by atoms with Crippen LogP contribution in [0.15, 0.2) is 60.0 Å². The van der Waals surface area contributed by atoms with Gasteiger partial charge < -0.3 is 19.3 Å². The Balaban J connectivity index is 1.53. The first kappa shape index (κ1) is 25.8. The minimum atomic E-state index is -0.141. The third kappa shape index (κ3) is 6.08. The van der Waals surface area contributed by atoms with E-state index in [-0.39, 0.29) is 36.6 Å². The van der Waals surface area contributed by atoms with Gasteiger partial charge in [0.15, 0.2) is 11.5 Å². The maximum Gasteiger partial charge on any atom is 0.254 e. The zero-order chi connectivity index (χ0) is 25.9. The average molecular weight is 507 g/mol. The van der Waals surface area contributed by atoms with Gasteiger partial charge in [-0.25, -0.2) is 0 Å². The van der Waals surface area contributed by atoms with Crippen molar-refractivity contribution in [3.8, 4) is 11.5 Å². The molecule has 1 aliphatic rings. The van der Waals surface area contributed by atoms with Gasteiger partial charge in [-0.2, -0.15) is 0 Å². The molecule has 1 aromatic heterocycles. The SMILES string of the molecule is CC(C)N(CC(=O)N(Cc1ccc2c(c1)OCO2)Cc1cccs1)C(=O)c1ccc(C(C)(C)C)cc1. The lowest BCUT2D eigenvalue weighted by atomic mass is 9.86. The highest BCUT2D eigenvalue weighted by Crippen LogP contribution is 2.33. The summed E-state index contributed by atoms with van der Waals surface area (Å²) < 4.78 is 10.9. The monoisotopic (exact) mass is 506 g/mol. The number of carbonyl (C=O) groups is 2. The summed E-state index contributed by atoms with van der Waals surface area (Å²) in [6.45, 7) is 11.4. The molecule has 7 heteroatoms. The van der Waals surface area contributed by atoms with Gasteiger partial charge in [0, 0.05) is 23.0 Å². The van der Waals surface area contributed by atoms with Crippen LogP contribution < -0.4 is 9.47 Å². The van der Waals surface area contributed by atoms with E-state index in [9.17, 15) is 9.59 Å². The number of thiophene rings is 1. The molecule has 0 radical (unpaired) electrons. The molecular formula is C29H34N2O4S. The van der Waals surface area contributed by atoms with E-state index in [0.29, 0.717) is 30.2 Å². The zero-order valence-electron chi connectivity index (χ0n) is 21.6. The largest absolute Gasteiger partial charge is 0.454 e. The van der Waals surface area contributed by atoms with Crippen molar-refractivity contribution in [2.45, 2.75) is 59.2 Å². The Kier molecular flexibility index (Phi) is 7.69. The van der Waals surface area contributed by atoms with Crippen molar-refractivity contribution in [2.75, 3.05) is 13.3 Å². The summed E-state index contributed by atoms with van der Waals surface area (Å²) in [7, 11) is 0. The predicted molar refractivity (Wildman–Crippen MR) is 142 cm³/mol. The smallest absolute Gasteiger partial charge is 0.254 e. The molecule has 0 saturated heterocycles. The molecule has 2 heterocycles. The second-order valence-corrected chi connectivity index (χ2v) is 11.4. The molecule has 3 aromatic rings. The standard InChI is InChI=1S/C29H34N2O4S/c1-20(2)31(28(33)22-9-11-23(12-10-22)29(3,4)5)18-27(32)30(17-24-7-6-14-36-24)16-21-8-13-25-26(15-21)35-19-34-25/h6-15,20H,16-19H2,1-5H3. The van der Waals surface area contributed by atoms with E-state index in [0.717, 1.165) is 16.0 Å². The van der Waals surface area contributed by atoms with Crippen LogP contribution >= 0.6 is 11.3 Å². The molecular weight excluding hydrogens is 472 g/mol. The molecule has 36 heavy (non-hydrogen) atoms. The molecule has 0 spiro atoms. The van der Waals surface area contributed by atoms with Gasteiger partial charge in [0.05, 0.1) is 6.54 Å². The van der Waals surface area contributed by atoms with Crippen LogP contribution in [0.1, 0.15) is 61.0 Å². The van der Waals surface area contributed by atoms with Crippen molar-refractivity contribution in [1.29, 1.82) is 0 Å². The molecule has 1 aliphatic heterocycles. The second kappa shape index (κ2) is 10.7. The first-order chi connectivity index (χ1) is 17.1. The molecule has 0 aliphatic carbocycles. The third-order valence-electron chi connectivity index (χ3n) is 6.28. The Bertz CT molecular complexity index is 1200. The third-order valence-corrected chi connectivity index (χ3v) is 7.14. The number of fused-ring (bicyclic) bond motifs is 1. The molecule has 6 nitrogen and oxygen atoms in total. The number of ether oxygens (including phenoxy) is 2. The first-order valence-electron chi connectivity index (χ1n) is 12.2. The lowest BCUT2D eigenvalue weighted by Crippen LogP contribution is -2.45. The lowest BCUT2D eigenvalue weighted by molar-refractivity contribution is -0.133. The highest BCUT2D eigenvalue weighted by molar-refractivity contribution is 7.09. The fraction of sp³-hybridized carbons (Fsp3) is 0.379. The molecule has 0 saturated carbocycles. The van der Waals surface area contributed by atoms with Crippen molar-refractivity contribution in [3.05, 3.63) is 81.5 Å². The van der Waals surface area contributed by atoms with E-state index in [2.05, 4.69) is 20.8 Å². The fourth-order valence-corrected chi connectivity index (χ4v) is 4.82. The van der Waals surface area contributed by atoms with Crippen LogP contribution in [0, 0.1) is 0 Å². The van der Waals surface area contributed by atoms with E-state index >= 15 is 0 Å². The van der Waals surface area contributed by atoms with Gasteiger partial charge in [0.2, 0.25) is 12.7 Å². The van der Waals surface area contributed by atoms with Gasteiger partial charge in [0.1, 0.15) is 6.54 Å². The Morgan fingerprint density at radius 2 is 1.69 bits per heavy atom. The molecule has 0 fully saturated rings. The summed E-state index contributed by atoms with van der Waals surface area (Å²) in [4.78, 5) is 31.6. The van der Waals surface area contributed by atoms with Crippen molar-refractivity contribution >= 4 is 23.2 Å². The second-order valence-electron chi connectivity index (χ2n) is 10.4. The van der Waals surface area contributed by atoms with Crippen LogP contribution in [0.2, 0.25) is 0 Å². The van der Waals surface area contributed by atoms with Gasteiger partial charge in [0.25, 0.3) is 5.91 Å². The van der Waals surface area contributed by atoms with Crippen LogP contribution in [0.3, 0.4) is 0 Å². The van der Waals surface area contributed by atoms with Gasteiger partial charge in [-0.05, 0) is 66.1 Å². The molecule has 0 atom stereocenters. The number of hydrogen-bond donors (Lipinski definition) is 0. The van der Waals surface area contributed by atoms with E-state index in [4.69, 9.17) is 9.47 Å². The normalized spacial score (nSPS) is 12.6. The summed E-state index contributed by atoms with van der Waals surface area (Å²) in [5.41, 5.74) is 2.71. The molecule has 0 bridgehead atoms. The van der Waals surface area contributed by atoms with Crippen LogP contribution in [-0.2, 0) is 23.3 Å². The van der Waals surface area contributed by atoms with Crippen LogP contribution in [0.5, 0.6) is 11.5 Å². The Morgan fingerprint density at radius 3 is 2.33 bits per heavy atom. The van der Waals surface area contributed by atoms with E-state index in [1.807, 2.05) is 73.8 Å². The molecule has 2 aromatic carbocycles. The van der Waals surface area contributed by atoms with Crippen molar-refractivity contribution in [2.24, 2.45) is 0 Å². The number of hydrogen-bond acceptors (Lipinski definition) is 5. The number of benzene rings is 2. The molecule has 2 amide bonds. The Morgan fingerprint density at radius 1 is 0.972 bits per heavy atom. The van der Waals surface area contributed by atoms with E-state index < -0.39 is 0 Å². The minimum absolute atomic E-state index is 0.00624. The molecule has 0 unspecified atom stereocenters. The maximum absolute atomic E-state index is 13.6. The molecule has 190 valence electrons. The average Bonchev–Trinajstić information content (AvgIpc) is 3.52. The van der Waals surface area contributed by atoms with Crippen LogP contribution in [0.25, 0.3) is 0 Å². The number of amides is 2. The van der Waals surface area contributed by atoms with Gasteiger partial charge in [-0.3, -0.25) is 9.59 Å². The van der Waals surface area contributed by atoms with E-state index in [1.54, 1.807) is 21.1 Å². The number of carbonyl (C=O) groups excluding carboxylic acids is 2. The van der Waals surface area contributed by atoms with Crippen LogP contribution in [-0.4, -0.2) is 41.0 Å². The summed E-state index contributed by atoms with van der Waals surface area (Å²) in [6.07, 6.45) is 0.